The van der Waals surface area contributed by atoms with Crippen LogP contribution in [0.4, 0.5) is 0 Å². The Morgan fingerprint density at radius 1 is 1.45 bits per heavy atom. The molecule has 1 unspecified atom stereocenters. The third-order valence-corrected chi connectivity index (χ3v) is 3.14. The van der Waals surface area contributed by atoms with Gasteiger partial charge in [0.05, 0.1) is 17.5 Å². The fourth-order valence-corrected chi connectivity index (χ4v) is 1.99. The number of tetrazole rings is 1. The van der Waals surface area contributed by atoms with Crippen molar-refractivity contribution in [3.05, 3.63) is 23.4 Å². The van der Waals surface area contributed by atoms with Crippen LogP contribution in [0.3, 0.4) is 0 Å². The van der Waals surface area contributed by atoms with E-state index in [0.717, 1.165) is 0 Å². The molecule has 0 saturated heterocycles. The predicted octanol–water partition coefficient (Wildman–Crippen LogP) is 2.06. The molecule has 2 rings (SSSR count). The Kier molecular flexibility index (Phi) is 4.29. The van der Waals surface area contributed by atoms with Gasteiger partial charge in [-0.15, -0.1) is 5.10 Å². The minimum atomic E-state index is -0.894. The summed E-state index contributed by atoms with van der Waals surface area (Å²) in [6.45, 7) is 3.85. The van der Waals surface area contributed by atoms with Crippen LogP contribution in [0.5, 0.6) is 0 Å². The molecule has 2 heterocycles. The molecule has 0 amide bonds. The largest absolute Gasteiger partial charge is 0.481 e. The number of aromatic nitrogens is 5. The summed E-state index contributed by atoms with van der Waals surface area (Å²) in [5, 5.41) is 21.0. The number of carbonyl (C=O) groups is 1. The van der Waals surface area contributed by atoms with Crippen molar-refractivity contribution >= 4 is 17.6 Å². The summed E-state index contributed by atoms with van der Waals surface area (Å²) in [5.41, 5.74) is 0.551. The number of carboxylic acid groups (broad SMARTS) is 1. The highest BCUT2D eigenvalue weighted by molar-refractivity contribution is 6.30. The van der Waals surface area contributed by atoms with Crippen LogP contribution in [-0.4, -0.2) is 36.3 Å². The summed E-state index contributed by atoms with van der Waals surface area (Å²) < 4.78 is 1.51. The summed E-state index contributed by atoms with van der Waals surface area (Å²) in [6, 6.07) is 3.04. The fourth-order valence-electron chi connectivity index (χ4n) is 1.88. The summed E-state index contributed by atoms with van der Waals surface area (Å²) >= 11 is 5.80. The molecule has 2 aromatic rings. The zero-order valence-corrected chi connectivity index (χ0v) is 11.8. The Hall–Kier alpha value is -2.02. The molecule has 7 nitrogen and oxygen atoms in total. The van der Waals surface area contributed by atoms with Gasteiger partial charge in [-0.3, -0.25) is 9.78 Å². The van der Waals surface area contributed by atoms with Crippen LogP contribution in [-0.2, 0) is 4.79 Å². The van der Waals surface area contributed by atoms with E-state index in [9.17, 15) is 4.79 Å². The van der Waals surface area contributed by atoms with Gasteiger partial charge in [0.25, 0.3) is 0 Å². The topological polar surface area (TPSA) is 93.8 Å². The highest BCUT2D eigenvalue weighted by atomic mass is 35.5. The maximum Gasteiger partial charge on any atom is 0.305 e. The van der Waals surface area contributed by atoms with E-state index in [2.05, 4.69) is 20.5 Å². The molecule has 8 heteroatoms. The summed E-state index contributed by atoms with van der Waals surface area (Å²) in [7, 11) is 0. The number of rotatable bonds is 5. The number of pyridine rings is 1. The van der Waals surface area contributed by atoms with Gasteiger partial charge in [-0.05, 0) is 28.5 Å². The molecule has 0 radical (unpaired) electrons. The van der Waals surface area contributed by atoms with E-state index in [1.807, 2.05) is 13.8 Å². The van der Waals surface area contributed by atoms with Gasteiger partial charge in [0.2, 0.25) is 5.82 Å². The van der Waals surface area contributed by atoms with Gasteiger partial charge in [-0.25, -0.2) is 4.68 Å². The van der Waals surface area contributed by atoms with Gasteiger partial charge in [0.1, 0.15) is 5.69 Å². The minimum absolute atomic E-state index is 0.0523. The molecule has 0 aliphatic carbocycles. The molecule has 0 aromatic carbocycles. The molecule has 0 fully saturated rings. The van der Waals surface area contributed by atoms with Crippen LogP contribution in [0.2, 0.25) is 5.02 Å². The Balaban J connectivity index is 2.40. The third-order valence-electron chi connectivity index (χ3n) is 2.92. The van der Waals surface area contributed by atoms with E-state index >= 15 is 0 Å². The lowest BCUT2D eigenvalue weighted by Gasteiger charge is -2.19. The average molecular weight is 296 g/mol. The van der Waals surface area contributed by atoms with Crippen molar-refractivity contribution in [2.75, 3.05) is 0 Å². The lowest BCUT2D eigenvalue weighted by Crippen LogP contribution is -2.21. The molecule has 20 heavy (non-hydrogen) atoms. The molecular weight excluding hydrogens is 282 g/mol. The number of hydrogen-bond donors (Lipinski definition) is 1. The molecule has 0 aliphatic rings. The molecular formula is C12H14ClN5O2. The summed E-state index contributed by atoms with van der Waals surface area (Å²) in [4.78, 5) is 15.1. The van der Waals surface area contributed by atoms with Gasteiger partial charge >= 0.3 is 5.97 Å². The minimum Gasteiger partial charge on any atom is -0.481 e. The van der Waals surface area contributed by atoms with Crippen LogP contribution < -0.4 is 0 Å². The first-order valence-corrected chi connectivity index (χ1v) is 6.48. The predicted molar refractivity (Wildman–Crippen MR) is 72.2 cm³/mol. The molecule has 0 bridgehead atoms. The normalized spacial score (nSPS) is 12.6. The van der Waals surface area contributed by atoms with Gasteiger partial charge in [0.15, 0.2) is 0 Å². The third kappa shape index (κ3) is 3.11. The second-order valence-electron chi connectivity index (χ2n) is 4.72. The van der Waals surface area contributed by atoms with Crippen molar-refractivity contribution in [1.29, 1.82) is 0 Å². The van der Waals surface area contributed by atoms with Gasteiger partial charge < -0.3 is 5.11 Å². The van der Waals surface area contributed by atoms with Crippen molar-refractivity contribution in [3.63, 3.8) is 0 Å². The first-order valence-electron chi connectivity index (χ1n) is 6.10. The molecule has 0 aliphatic heterocycles. The molecule has 2 aromatic heterocycles. The monoisotopic (exact) mass is 295 g/mol. The zero-order chi connectivity index (χ0) is 14.7. The van der Waals surface area contributed by atoms with E-state index in [0.29, 0.717) is 16.5 Å². The van der Waals surface area contributed by atoms with Crippen LogP contribution >= 0.6 is 11.6 Å². The van der Waals surface area contributed by atoms with Gasteiger partial charge in [0, 0.05) is 6.20 Å². The maximum atomic E-state index is 11.0. The number of hydrogen-bond acceptors (Lipinski definition) is 5. The number of halogens is 1. The standard InChI is InChI=1S/C12H14ClN5O2/c1-7(2)10(5-11(19)20)18-12(15-16-17-18)9-4-3-8(13)6-14-9/h3-4,6-7,10H,5H2,1-2H3,(H,19,20). The lowest BCUT2D eigenvalue weighted by atomic mass is 10.0. The second-order valence-corrected chi connectivity index (χ2v) is 5.15. The quantitative estimate of drug-likeness (QED) is 0.907. The second kappa shape index (κ2) is 5.96. The Morgan fingerprint density at radius 3 is 2.75 bits per heavy atom. The SMILES string of the molecule is CC(C)C(CC(=O)O)n1nnnc1-c1ccc(Cl)cn1. The van der Waals surface area contributed by atoms with Crippen LogP contribution in [0.1, 0.15) is 26.3 Å². The van der Waals surface area contributed by atoms with E-state index < -0.39 is 5.97 Å². The van der Waals surface area contributed by atoms with Crippen molar-refractivity contribution in [2.24, 2.45) is 5.92 Å². The first kappa shape index (κ1) is 14.4. The average Bonchev–Trinajstić information content (AvgIpc) is 2.85. The van der Waals surface area contributed by atoms with E-state index in [1.165, 1.54) is 10.9 Å². The number of nitrogens with zero attached hydrogens (tertiary/aromatic N) is 5. The molecule has 0 spiro atoms. The van der Waals surface area contributed by atoms with Crippen LogP contribution in [0, 0.1) is 5.92 Å². The van der Waals surface area contributed by atoms with Crippen molar-refractivity contribution in [1.82, 2.24) is 25.2 Å². The Labute approximate surface area is 120 Å². The van der Waals surface area contributed by atoms with E-state index in [4.69, 9.17) is 16.7 Å². The van der Waals surface area contributed by atoms with Crippen LogP contribution in [0.25, 0.3) is 11.5 Å². The van der Waals surface area contributed by atoms with Gasteiger partial charge in [-0.2, -0.15) is 0 Å². The molecule has 1 atom stereocenters. The highest BCUT2D eigenvalue weighted by Gasteiger charge is 2.24. The molecule has 0 saturated carbocycles. The van der Waals surface area contributed by atoms with E-state index in [-0.39, 0.29) is 18.4 Å². The molecule has 106 valence electrons. The lowest BCUT2D eigenvalue weighted by molar-refractivity contribution is -0.138. The highest BCUT2D eigenvalue weighted by Crippen LogP contribution is 2.25. The van der Waals surface area contributed by atoms with Crippen molar-refractivity contribution in [3.8, 4) is 11.5 Å². The maximum absolute atomic E-state index is 11.0. The smallest absolute Gasteiger partial charge is 0.305 e. The fraction of sp³-hybridized carbons (Fsp3) is 0.417. The zero-order valence-electron chi connectivity index (χ0n) is 11.1. The van der Waals surface area contributed by atoms with Crippen LogP contribution in [0.15, 0.2) is 18.3 Å². The van der Waals surface area contributed by atoms with Crippen molar-refractivity contribution < 1.29 is 9.90 Å². The number of aliphatic carboxylic acids is 1. The molecule has 1 N–H and O–H groups in total. The van der Waals surface area contributed by atoms with Gasteiger partial charge in [-0.1, -0.05) is 25.4 Å². The van der Waals surface area contributed by atoms with E-state index in [1.54, 1.807) is 12.1 Å². The Morgan fingerprint density at radius 2 is 2.20 bits per heavy atom. The summed E-state index contributed by atoms with van der Waals surface area (Å²) in [6.07, 6.45) is 1.45. The number of carboxylic acids is 1. The Bertz CT molecular complexity index is 596. The van der Waals surface area contributed by atoms with Crippen molar-refractivity contribution in [2.45, 2.75) is 26.3 Å². The first-order chi connectivity index (χ1) is 9.49. The summed E-state index contributed by atoms with van der Waals surface area (Å²) in [5.74, 6) is -0.392.